The number of rotatable bonds is 2. The minimum absolute atomic E-state index is 0.194. The van der Waals surface area contributed by atoms with Crippen LogP contribution in [-0.2, 0) is 0 Å². The van der Waals surface area contributed by atoms with Gasteiger partial charge in [-0.1, -0.05) is 36.4 Å². The summed E-state index contributed by atoms with van der Waals surface area (Å²) in [7, 11) is 0. The van der Waals surface area contributed by atoms with Crippen molar-refractivity contribution in [2.75, 3.05) is 0 Å². The lowest BCUT2D eigenvalue weighted by atomic mass is 10.3. The summed E-state index contributed by atoms with van der Waals surface area (Å²) in [5.41, 5.74) is 0. The van der Waals surface area contributed by atoms with Gasteiger partial charge < -0.3 is 9.47 Å². The third-order valence-corrected chi connectivity index (χ3v) is 1.95. The highest BCUT2D eigenvalue weighted by atomic mass is 19.4. The van der Waals surface area contributed by atoms with Gasteiger partial charge >= 0.3 is 12.7 Å². The molecule has 0 saturated carbocycles. The van der Waals surface area contributed by atoms with E-state index in [1.54, 1.807) is 12.1 Å². The minimum atomic E-state index is -4.60. The van der Waals surface area contributed by atoms with Crippen molar-refractivity contribution < 1.29 is 35.8 Å². The maximum absolute atomic E-state index is 11.5. The van der Waals surface area contributed by atoms with E-state index in [-0.39, 0.29) is 11.5 Å². The largest absolute Gasteiger partial charge is 0.573 e. The Balaban J connectivity index is 0.000000220. The lowest BCUT2D eigenvalue weighted by Gasteiger charge is -2.07. The van der Waals surface area contributed by atoms with Crippen LogP contribution in [0, 0.1) is 0 Å². The molecule has 0 atom stereocenters. The highest BCUT2D eigenvalue weighted by Crippen LogP contribution is 2.22. The molecular formula is C14H10F6O2. The van der Waals surface area contributed by atoms with E-state index in [0.717, 1.165) is 0 Å². The van der Waals surface area contributed by atoms with Crippen LogP contribution in [0.3, 0.4) is 0 Å². The van der Waals surface area contributed by atoms with Crippen LogP contribution in [0.2, 0.25) is 0 Å². The first-order valence-corrected chi connectivity index (χ1v) is 5.77. The minimum Gasteiger partial charge on any atom is -0.406 e. The second-order valence-corrected chi connectivity index (χ2v) is 3.72. The molecule has 2 aromatic rings. The molecular weight excluding hydrogens is 314 g/mol. The van der Waals surface area contributed by atoms with Crippen molar-refractivity contribution in [3.8, 4) is 11.5 Å². The molecule has 0 aliphatic rings. The van der Waals surface area contributed by atoms with Crippen LogP contribution in [0.25, 0.3) is 0 Å². The molecule has 2 aromatic carbocycles. The molecule has 0 aromatic heterocycles. The van der Waals surface area contributed by atoms with Gasteiger partial charge in [-0.25, -0.2) is 0 Å². The van der Waals surface area contributed by atoms with Crippen molar-refractivity contribution in [1.29, 1.82) is 0 Å². The molecule has 0 fully saturated rings. The smallest absolute Gasteiger partial charge is 0.406 e. The van der Waals surface area contributed by atoms with Gasteiger partial charge in [-0.05, 0) is 24.3 Å². The van der Waals surface area contributed by atoms with Gasteiger partial charge in [0.15, 0.2) is 0 Å². The monoisotopic (exact) mass is 324 g/mol. The average Bonchev–Trinajstić information content (AvgIpc) is 2.38. The van der Waals surface area contributed by atoms with Crippen molar-refractivity contribution in [1.82, 2.24) is 0 Å². The summed E-state index contributed by atoms with van der Waals surface area (Å²) in [6.07, 6.45) is -9.19. The molecule has 0 unspecified atom stereocenters. The standard InChI is InChI=1S/2C7H5F3O/c2*8-7(9,10)11-6-4-2-1-3-5-6/h2*1-5H. The van der Waals surface area contributed by atoms with Gasteiger partial charge in [0.2, 0.25) is 0 Å². The van der Waals surface area contributed by atoms with Gasteiger partial charge in [-0.2, -0.15) is 0 Å². The van der Waals surface area contributed by atoms with E-state index in [9.17, 15) is 26.3 Å². The van der Waals surface area contributed by atoms with Crippen molar-refractivity contribution in [2.45, 2.75) is 12.7 Å². The molecule has 120 valence electrons. The summed E-state index contributed by atoms with van der Waals surface area (Å²) in [6, 6.07) is 14.1. The number of para-hydroxylation sites is 2. The van der Waals surface area contributed by atoms with Gasteiger partial charge in [0.05, 0.1) is 0 Å². The molecule has 0 spiro atoms. The van der Waals surface area contributed by atoms with E-state index in [4.69, 9.17) is 0 Å². The first-order valence-electron chi connectivity index (χ1n) is 5.77. The maximum Gasteiger partial charge on any atom is 0.573 e. The molecule has 0 radical (unpaired) electrons. The summed E-state index contributed by atoms with van der Waals surface area (Å²) in [5.74, 6) is -0.389. The van der Waals surface area contributed by atoms with E-state index in [1.807, 2.05) is 0 Å². The summed E-state index contributed by atoms with van der Waals surface area (Å²) in [5, 5.41) is 0. The Morgan fingerprint density at radius 1 is 0.500 bits per heavy atom. The van der Waals surface area contributed by atoms with Gasteiger partial charge in [0, 0.05) is 0 Å². The van der Waals surface area contributed by atoms with Crippen LogP contribution in [0.15, 0.2) is 60.7 Å². The van der Waals surface area contributed by atoms with Crippen LogP contribution in [0.1, 0.15) is 0 Å². The van der Waals surface area contributed by atoms with Crippen molar-refractivity contribution >= 4 is 0 Å². The molecule has 0 amide bonds. The average molecular weight is 324 g/mol. The molecule has 0 saturated heterocycles. The third-order valence-electron chi connectivity index (χ3n) is 1.95. The van der Waals surface area contributed by atoms with Crippen LogP contribution in [0.4, 0.5) is 26.3 Å². The van der Waals surface area contributed by atoms with E-state index in [2.05, 4.69) is 9.47 Å². The van der Waals surface area contributed by atoms with E-state index >= 15 is 0 Å². The lowest BCUT2D eigenvalue weighted by molar-refractivity contribution is -0.275. The maximum atomic E-state index is 11.5. The van der Waals surface area contributed by atoms with Gasteiger partial charge in [0.25, 0.3) is 0 Å². The number of ether oxygens (including phenoxy) is 2. The molecule has 0 heterocycles. The zero-order valence-electron chi connectivity index (χ0n) is 10.9. The fourth-order valence-corrected chi connectivity index (χ4v) is 1.24. The van der Waals surface area contributed by atoms with Gasteiger partial charge in [0.1, 0.15) is 11.5 Å². The molecule has 8 heteroatoms. The number of alkyl halides is 6. The Labute approximate surface area is 121 Å². The summed E-state index contributed by atoms with van der Waals surface area (Å²) >= 11 is 0. The van der Waals surface area contributed by atoms with Crippen molar-refractivity contribution in [3.63, 3.8) is 0 Å². The molecule has 0 aliphatic carbocycles. The predicted octanol–water partition coefficient (Wildman–Crippen LogP) is 5.17. The molecule has 22 heavy (non-hydrogen) atoms. The zero-order chi connectivity index (χ0) is 16.6. The van der Waals surface area contributed by atoms with Crippen LogP contribution < -0.4 is 9.47 Å². The second-order valence-electron chi connectivity index (χ2n) is 3.72. The Bertz CT molecular complexity index is 485. The lowest BCUT2D eigenvalue weighted by Crippen LogP contribution is -2.16. The zero-order valence-corrected chi connectivity index (χ0v) is 10.9. The van der Waals surface area contributed by atoms with Gasteiger partial charge in [-0.3, -0.25) is 0 Å². The Morgan fingerprint density at radius 3 is 1.00 bits per heavy atom. The molecule has 0 aliphatic heterocycles. The van der Waals surface area contributed by atoms with E-state index in [0.29, 0.717) is 0 Å². The number of hydrogen-bond acceptors (Lipinski definition) is 2. The first kappa shape index (κ1) is 17.7. The number of hydrogen-bond donors (Lipinski definition) is 0. The quantitative estimate of drug-likeness (QED) is 0.710. The van der Waals surface area contributed by atoms with Crippen LogP contribution >= 0.6 is 0 Å². The predicted molar refractivity (Wildman–Crippen MR) is 66.3 cm³/mol. The fraction of sp³-hybridized carbons (Fsp3) is 0.143. The first-order chi connectivity index (χ1) is 10.2. The number of halogens is 6. The highest BCUT2D eigenvalue weighted by Gasteiger charge is 2.31. The second kappa shape index (κ2) is 7.58. The highest BCUT2D eigenvalue weighted by molar-refractivity contribution is 5.21. The molecule has 0 bridgehead atoms. The van der Waals surface area contributed by atoms with Crippen LogP contribution in [-0.4, -0.2) is 12.7 Å². The number of benzene rings is 2. The summed E-state index contributed by atoms with van der Waals surface area (Å²) in [4.78, 5) is 0. The Morgan fingerprint density at radius 2 is 0.773 bits per heavy atom. The Hall–Kier alpha value is -2.38. The normalized spacial score (nSPS) is 11.2. The fourth-order valence-electron chi connectivity index (χ4n) is 1.24. The summed E-state index contributed by atoms with van der Waals surface area (Å²) < 4.78 is 76.3. The molecule has 0 N–H and O–H groups in total. The van der Waals surface area contributed by atoms with Crippen molar-refractivity contribution in [3.05, 3.63) is 60.7 Å². The Kier molecular flexibility index (Phi) is 6.09. The van der Waals surface area contributed by atoms with E-state index < -0.39 is 12.7 Å². The summed E-state index contributed by atoms with van der Waals surface area (Å²) in [6.45, 7) is 0. The van der Waals surface area contributed by atoms with Crippen LogP contribution in [0.5, 0.6) is 11.5 Å². The topological polar surface area (TPSA) is 18.5 Å². The molecule has 2 rings (SSSR count). The SMILES string of the molecule is FC(F)(F)Oc1ccccc1.FC(F)(F)Oc1ccccc1. The third kappa shape index (κ3) is 8.72. The van der Waals surface area contributed by atoms with E-state index in [1.165, 1.54) is 48.5 Å². The van der Waals surface area contributed by atoms with Crippen molar-refractivity contribution in [2.24, 2.45) is 0 Å². The van der Waals surface area contributed by atoms with Gasteiger partial charge in [-0.15, -0.1) is 26.3 Å². The molecule has 2 nitrogen and oxygen atoms in total.